The van der Waals surface area contributed by atoms with Gasteiger partial charge in [-0.05, 0) is 28.1 Å². The smallest absolute Gasteiger partial charge is 0.313 e. The molecule has 0 aliphatic carbocycles. The van der Waals surface area contributed by atoms with Crippen molar-refractivity contribution in [3.8, 4) is 0 Å². The second-order valence-electron chi connectivity index (χ2n) is 5.11. The number of aliphatic carboxylic acids is 1. The van der Waals surface area contributed by atoms with Crippen molar-refractivity contribution in [2.75, 3.05) is 19.6 Å². The van der Waals surface area contributed by atoms with Crippen molar-refractivity contribution in [3.63, 3.8) is 0 Å². The minimum Gasteiger partial charge on any atom is -0.481 e. The number of nitrogens with one attached hydrogen (secondary N) is 1. The first-order valence-corrected chi connectivity index (χ1v) is 7.60. The number of fused-ring (bicyclic) bond motifs is 1. The fourth-order valence-electron chi connectivity index (χ4n) is 2.96. The van der Waals surface area contributed by atoms with Gasteiger partial charge in [0.15, 0.2) is 0 Å². The summed E-state index contributed by atoms with van der Waals surface area (Å²) in [6, 6.07) is 4.01. The quantitative estimate of drug-likeness (QED) is 0.862. The molecule has 2 aliphatic heterocycles. The van der Waals surface area contributed by atoms with Crippen LogP contribution in [0.2, 0.25) is 0 Å². The molecule has 0 aromatic carbocycles. The van der Waals surface area contributed by atoms with Crippen molar-refractivity contribution >= 4 is 39.1 Å². The van der Waals surface area contributed by atoms with Gasteiger partial charge < -0.3 is 10.4 Å². The van der Waals surface area contributed by atoms with Crippen LogP contribution < -0.4 is 5.32 Å². The number of nitrogens with zero attached hydrogens (tertiary/aromatic N) is 1. The predicted octanol–water partition coefficient (Wildman–Crippen LogP) is 1.14. The molecule has 5 nitrogen and oxygen atoms in total. The minimum absolute atomic E-state index is 0.128. The van der Waals surface area contributed by atoms with Crippen molar-refractivity contribution in [1.82, 2.24) is 10.2 Å². The Hall–Kier alpha value is -0.920. The number of carbonyl (C=O) groups excluding carboxylic acids is 1. The molecule has 0 saturated carbocycles. The molecule has 2 atom stereocenters. The van der Waals surface area contributed by atoms with Gasteiger partial charge in [0.05, 0.1) is 9.70 Å². The van der Waals surface area contributed by atoms with E-state index in [0.717, 1.165) is 3.79 Å². The summed E-state index contributed by atoms with van der Waals surface area (Å²) in [5.41, 5.74) is -0.939. The third-order valence-corrected chi connectivity index (χ3v) is 5.55. The molecule has 102 valence electrons. The lowest BCUT2D eigenvalue weighted by Gasteiger charge is -2.21. The number of halogens is 1. The second-order valence-corrected chi connectivity index (χ2v) is 7.65. The number of hydrogen-bond acceptors (Lipinski definition) is 4. The van der Waals surface area contributed by atoms with E-state index in [2.05, 4.69) is 26.1 Å². The third kappa shape index (κ3) is 2.09. The van der Waals surface area contributed by atoms with Gasteiger partial charge in [-0.1, -0.05) is 0 Å². The molecule has 1 aromatic heterocycles. The molecule has 19 heavy (non-hydrogen) atoms. The van der Waals surface area contributed by atoms with E-state index in [9.17, 15) is 14.7 Å². The zero-order valence-electron chi connectivity index (χ0n) is 10.1. The summed E-state index contributed by atoms with van der Waals surface area (Å²) in [7, 11) is 0. The molecule has 0 unspecified atom stereocenters. The Morgan fingerprint density at radius 2 is 2.42 bits per heavy atom. The zero-order valence-corrected chi connectivity index (χ0v) is 12.5. The number of amides is 1. The van der Waals surface area contributed by atoms with E-state index < -0.39 is 17.3 Å². The summed E-state index contributed by atoms with van der Waals surface area (Å²) in [6.45, 7) is 1.90. The van der Waals surface area contributed by atoms with E-state index in [4.69, 9.17) is 0 Å². The van der Waals surface area contributed by atoms with Crippen LogP contribution in [0.3, 0.4) is 0 Å². The monoisotopic (exact) mass is 344 g/mol. The van der Waals surface area contributed by atoms with Gasteiger partial charge in [-0.2, -0.15) is 0 Å². The second kappa shape index (κ2) is 4.57. The van der Waals surface area contributed by atoms with E-state index in [1.807, 2.05) is 12.1 Å². The first kappa shape index (κ1) is 13.1. The largest absolute Gasteiger partial charge is 0.481 e. The average molecular weight is 345 g/mol. The van der Waals surface area contributed by atoms with Crippen LogP contribution in [0.1, 0.15) is 4.88 Å². The summed E-state index contributed by atoms with van der Waals surface area (Å²) in [6.07, 6.45) is 0. The molecule has 2 saturated heterocycles. The van der Waals surface area contributed by atoms with Crippen LogP contribution in [-0.2, 0) is 16.1 Å². The van der Waals surface area contributed by atoms with E-state index >= 15 is 0 Å². The summed E-state index contributed by atoms with van der Waals surface area (Å²) in [5, 5.41) is 12.1. The third-order valence-electron chi connectivity index (χ3n) is 3.94. The van der Waals surface area contributed by atoms with Crippen LogP contribution >= 0.6 is 27.3 Å². The van der Waals surface area contributed by atoms with E-state index in [-0.39, 0.29) is 12.5 Å². The Morgan fingerprint density at radius 1 is 1.63 bits per heavy atom. The normalized spacial score (nSPS) is 30.4. The fourth-order valence-corrected chi connectivity index (χ4v) is 4.48. The van der Waals surface area contributed by atoms with Gasteiger partial charge in [0.25, 0.3) is 0 Å². The molecule has 1 amide bonds. The number of likely N-dealkylation sites (tertiary alicyclic amines) is 1. The zero-order chi connectivity index (χ0) is 13.6. The molecular formula is C12H13BrN2O3S. The number of rotatable bonds is 3. The lowest BCUT2D eigenvalue weighted by molar-refractivity contribution is -0.149. The fraction of sp³-hybridized carbons (Fsp3) is 0.500. The van der Waals surface area contributed by atoms with E-state index in [0.29, 0.717) is 19.6 Å². The van der Waals surface area contributed by atoms with Crippen LogP contribution in [-0.4, -0.2) is 41.5 Å². The molecule has 3 rings (SSSR count). The Morgan fingerprint density at radius 3 is 3.00 bits per heavy atom. The van der Waals surface area contributed by atoms with Crippen molar-refractivity contribution in [2.45, 2.75) is 6.54 Å². The first-order valence-electron chi connectivity index (χ1n) is 5.99. The summed E-state index contributed by atoms with van der Waals surface area (Å²) in [5.74, 6) is -1.42. The summed E-state index contributed by atoms with van der Waals surface area (Å²) in [4.78, 5) is 26.5. The summed E-state index contributed by atoms with van der Waals surface area (Å²) < 4.78 is 1.06. The number of carboxylic acid groups (broad SMARTS) is 1. The predicted molar refractivity (Wildman–Crippen MR) is 73.9 cm³/mol. The molecular weight excluding hydrogens is 332 g/mol. The SMILES string of the molecule is O=C1NC[C@@]2(C(=O)O)CN(Cc3ccc(Br)s3)C[C@@H]12. The maximum absolute atomic E-state index is 11.8. The van der Waals surface area contributed by atoms with Crippen molar-refractivity contribution in [3.05, 3.63) is 20.8 Å². The van der Waals surface area contributed by atoms with Gasteiger partial charge in [0, 0.05) is 31.1 Å². The molecule has 2 N–H and O–H groups in total. The van der Waals surface area contributed by atoms with E-state index in [1.165, 1.54) is 4.88 Å². The Bertz CT molecular complexity index is 547. The molecule has 2 fully saturated rings. The lowest BCUT2D eigenvalue weighted by Crippen LogP contribution is -2.40. The van der Waals surface area contributed by atoms with Gasteiger partial charge >= 0.3 is 5.97 Å². The van der Waals surface area contributed by atoms with Gasteiger partial charge in [0.1, 0.15) is 5.41 Å². The van der Waals surface area contributed by atoms with Crippen LogP contribution in [0.15, 0.2) is 15.9 Å². The van der Waals surface area contributed by atoms with Crippen LogP contribution in [0.4, 0.5) is 0 Å². The lowest BCUT2D eigenvalue weighted by atomic mass is 9.81. The van der Waals surface area contributed by atoms with Crippen LogP contribution in [0.25, 0.3) is 0 Å². The van der Waals surface area contributed by atoms with Crippen LogP contribution in [0.5, 0.6) is 0 Å². The number of carbonyl (C=O) groups is 2. The van der Waals surface area contributed by atoms with Gasteiger partial charge in [-0.15, -0.1) is 11.3 Å². The minimum atomic E-state index is -0.939. The van der Waals surface area contributed by atoms with Gasteiger partial charge in [-0.3, -0.25) is 14.5 Å². The van der Waals surface area contributed by atoms with Gasteiger partial charge in [-0.25, -0.2) is 0 Å². The van der Waals surface area contributed by atoms with Crippen molar-refractivity contribution in [1.29, 1.82) is 0 Å². The standard InChI is InChI=1S/C12H13BrN2O3S/c13-9-2-1-7(19-9)3-15-4-8-10(16)14-5-12(8,6-15)11(17)18/h1-2,8H,3-6H2,(H,14,16)(H,17,18)/t8-,12+/m0/s1. The topological polar surface area (TPSA) is 69.6 Å². The molecule has 3 heterocycles. The maximum Gasteiger partial charge on any atom is 0.313 e. The molecule has 0 radical (unpaired) electrons. The Labute approximate surface area is 122 Å². The Kier molecular flexibility index (Phi) is 3.15. The highest BCUT2D eigenvalue weighted by molar-refractivity contribution is 9.11. The number of hydrogen-bond donors (Lipinski definition) is 2. The number of carboxylic acids is 1. The highest BCUT2D eigenvalue weighted by atomic mass is 79.9. The summed E-state index contributed by atoms with van der Waals surface area (Å²) >= 11 is 5.05. The highest BCUT2D eigenvalue weighted by Gasteiger charge is 2.59. The number of thiophene rings is 1. The van der Waals surface area contributed by atoms with Crippen molar-refractivity contribution in [2.24, 2.45) is 11.3 Å². The molecule has 1 aromatic rings. The molecule has 0 spiro atoms. The highest BCUT2D eigenvalue weighted by Crippen LogP contribution is 2.40. The maximum atomic E-state index is 11.8. The Balaban J connectivity index is 1.78. The molecule has 7 heteroatoms. The first-order chi connectivity index (χ1) is 9.01. The van der Waals surface area contributed by atoms with Gasteiger partial charge in [0.2, 0.25) is 5.91 Å². The molecule has 2 aliphatic rings. The van der Waals surface area contributed by atoms with Crippen molar-refractivity contribution < 1.29 is 14.7 Å². The van der Waals surface area contributed by atoms with Crippen LogP contribution in [0, 0.1) is 11.3 Å². The van der Waals surface area contributed by atoms with E-state index in [1.54, 1.807) is 11.3 Å². The molecule has 0 bridgehead atoms. The average Bonchev–Trinajstić information content (AvgIpc) is 2.98.